The van der Waals surface area contributed by atoms with Crippen LogP contribution in [0.5, 0.6) is 0 Å². The maximum Gasteiger partial charge on any atom is 0.129 e. The van der Waals surface area contributed by atoms with Crippen LogP contribution in [0.1, 0.15) is 43.2 Å². The van der Waals surface area contributed by atoms with Crippen molar-refractivity contribution in [2.24, 2.45) is 11.0 Å². The molecule has 4 heteroatoms. The van der Waals surface area contributed by atoms with E-state index in [2.05, 4.69) is 10.5 Å². The predicted octanol–water partition coefficient (Wildman–Crippen LogP) is 5.37. The molecule has 0 atom stereocenters. The minimum absolute atomic E-state index is 0.243. The van der Waals surface area contributed by atoms with E-state index in [-0.39, 0.29) is 5.82 Å². The van der Waals surface area contributed by atoms with Gasteiger partial charge in [0, 0.05) is 12.2 Å². The Morgan fingerprint density at radius 1 is 1.08 bits per heavy atom. The summed E-state index contributed by atoms with van der Waals surface area (Å²) in [5.41, 5.74) is 5.14. The van der Waals surface area contributed by atoms with Crippen molar-refractivity contribution in [1.29, 1.82) is 0 Å². The van der Waals surface area contributed by atoms with Gasteiger partial charge in [-0.3, -0.25) is 5.43 Å². The lowest BCUT2D eigenvalue weighted by Gasteiger charge is -2.21. The molecule has 25 heavy (non-hydrogen) atoms. The van der Waals surface area contributed by atoms with E-state index in [4.69, 9.17) is 4.74 Å². The first-order valence-corrected chi connectivity index (χ1v) is 9.01. The number of halogens is 1. The van der Waals surface area contributed by atoms with E-state index in [1.165, 1.54) is 38.2 Å². The molecule has 1 aliphatic carbocycles. The fourth-order valence-corrected chi connectivity index (χ4v) is 3.14. The van der Waals surface area contributed by atoms with Crippen molar-refractivity contribution in [3.63, 3.8) is 0 Å². The first-order valence-electron chi connectivity index (χ1n) is 9.01. The zero-order valence-electron chi connectivity index (χ0n) is 14.5. The zero-order valence-corrected chi connectivity index (χ0v) is 14.5. The summed E-state index contributed by atoms with van der Waals surface area (Å²) in [7, 11) is 0. The van der Waals surface area contributed by atoms with E-state index in [1.54, 1.807) is 12.3 Å². The monoisotopic (exact) mass is 340 g/mol. The number of hydrogen-bond acceptors (Lipinski definition) is 3. The summed E-state index contributed by atoms with van der Waals surface area (Å²) < 4.78 is 19.9. The second kappa shape index (κ2) is 9.33. The Balaban J connectivity index is 1.48. The molecule has 132 valence electrons. The van der Waals surface area contributed by atoms with Crippen LogP contribution in [0.3, 0.4) is 0 Å². The van der Waals surface area contributed by atoms with Gasteiger partial charge in [0.05, 0.1) is 18.5 Å². The average Bonchev–Trinajstić information content (AvgIpc) is 2.65. The standard InChI is InChI=1S/C21H25FN2O/c22-21-13-18(14-23-24-20-9-5-2-6-10-20)11-12-19(21)16-25-15-17-7-3-1-4-8-17/h2,5-6,9-14,17,24H,1,3-4,7-8,15-16H2. The molecule has 0 saturated heterocycles. The fourth-order valence-electron chi connectivity index (χ4n) is 3.14. The summed E-state index contributed by atoms with van der Waals surface area (Å²) in [6.45, 7) is 1.08. The van der Waals surface area contributed by atoms with Crippen molar-refractivity contribution in [2.45, 2.75) is 38.7 Å². The number of hydrazone groups is 1. The van der Waals surface area contributed by atoms with Crippen molar-refractivity contribution in [3.05, 3.63) is 65.5 Å². The molecular formula is C21H25FN2O. The van der Waals surface area contributed by atoms with Crippen LogP contribution in [-0.4, -0.2) is 12.8 Å². The van der Waals surface area contributed by atoms with Crippen LogP contribution in [0, 0.1) is 11.7 Å². The molecule has 3 nitrogen and oxygen atoms in total. The maximum absolute atomic E-state index is 14.2. The van der Waals surface area contributed by atoms with Crippen LogP contribution in [0.2, 0.25) is 0 Å². The van der Waals surface area contributed by atoms with Gasteiger partial charge in [-0.15, -0.1) is 0 Å². The molecule has 0 unspecified atom stereocenters. The minimum Gasteiger partial charge on any atom is -0.376 e. The molecule has 0 aromatic heterocycles. The van der Waals surface area contributed by atoms with Crippen LogP contribution in [0.25, 0.3) is 0 Å². The molecular weight excluding hydrogens is 315 g/mol. The Morgan fingerprint density at radius 3 is 2.64 bits per heavy atom. The van der Waals surface area contributed by atoms with Crippen LogP contribution < -0.4 is 5.43 Å². The Kier molecular flexibility index (Phi) is 6.57. The molecule has 2 aromatic rings. The quantitative estimate of drug-likeness (QED) is 0.543. The summed E-state index contributed by atoms with van der Waals surface area (Å²) in [6, 6.07) is 14.8. The molecule has 0 bridgehead atoms. The highest BCUT2D eigenvalue weighted by Gasteiger charge is 2.13. The Hall–Kier alpha value is -2.20. The van der Waals surface area contributed by atoms with Gasteiger partial charge >= 0.3 is 0 Å². The zero-order chi connectivity index (χ0) is 17.3. The Labute approximate surface area is 148 Å². The third-order valence-electron chi connectivity index (χ3n) is 4.59. The number of nitrogens with zero attached hydrogens (tertiary/aromatic N) is 1. The molecule has 3 rings (SSSR count). The van der Waals surface area contributed by atoms with Gasteiger partial charge in [0.15, 0.2) is 0 Å². The van der Waals surface area contributed by atoms with Gasteiger partial charge in [-0.25, -0.2) is 4.39 Å². The molecule has 1 fully saturated rings. The number of rotatable bonds is 7. The van der Waals surface area contributed by atoms with E-state index in [9.17, 15) is 4.39 Å². The van der Waals surface area contributed by atoms with E-state index in [1.807, 2.05) is 36.4 Å². The summed E-state index contributed by atoms with van der Waals surface area (Å²) in [5, 5.41) is 4.13. The minimum atomic E-state index is -0.243. The third kappa shape index (κ3) is 5.68. The lowest BCUT2D eigenvalue weighted by Crippen LogP contribution is -2.13. The van der Waals surface area contributed by atoms with Gasteiger partial charge in [0.1, 0.15) is 5.82 Å². The third-order valence-corrected chi connectivity index (χ3v) is 4.59. The maximum atomic E-state index is 14.2. The summed E-state index contributed by atoms with van der Waals surface area (Å²) >= 11 is 0. The van der Waals surface area contributed by atoms with Crippen molar-refractivity contribution in [1.82, 2.24) is 0 Å². The van der Waals surface area contributed by atoms with Crippen LogP contribution in [0.15, 0.2) is 53.6 Å². The van der Waals surface area contributed by atoms with Crippen molar-refractivity contribution in [2.75, 3.05) is 12.0 Å². The van der Waals surface area contributed by atoms with Crippen LogP contribution in [-0.2, 0) is 11.3 Å². The summed E-state index contributed by atoms with van der Waals surface area (Å²) in [5.74, 6) is 0.402. The van der Waals surface area contributed by atoms with Crippen molar-refractivity contribution >= 4 is 11.9 Å². The highest BCUT2D eigenvalue weighted by molar-refractivity contribution is 5.80. The van der Waals surface area contributed by atoms with E-state index in [0.717, 1.165) is 17.9 Å². The number of para-hydroxylation sites is 1. The van der Waals surface area contributed by atoms with Gasteiger partial charge in [-0.1, -0.05) is 49.6 Å². The molecule has 1 N–H and O–H groups in total. The van der Waals surface area contributed by atoms with Gasteiger partial charge in [-0.05, 0) is 42.5 Å². The number of nitrogens with one attached hydrogen (secondary N) is 1. The molecule has 1 aliphatic rings. The van der Waals surface area contributed by atoms with Gasteiger partial charge in [-0.2, -0.15) is 5.10 Å². The number of ether oxygens (including phenoxy) is 1. The van der Waals surface area contributed by atoms with E-state index < -0.39 is 0 Å². The Morgan fingerprint density at radius 2 is 1.88 bits per heavy atom. The van der Waals surface area contributed by atoms with Gasteiger partial charge < -0.3 is 4.74 Å². The first-order chi connectivity index (χ1) is 12.3. The molecule has 0 radical (unpaired) electrons. The second-order valence-electron chi connectivity index (χ2n) is 6.61. The molecule has 0 spiro atoms. The average molecular weight is 340 g/mol. The smallest absolute Gasteiger partial charge is 0.129 e. The first kappa shape index (κ1) is 17.6. The fraction of sp³-hybridized carbons (Fsp3) is 0.381. The highest BCUT2D eigenvalue weighted by atomic mass is 19.1. The van der Waals surface area contributed by atoms with Crippen LogP contribution in [0.4, 0.5) is 10.1 Å². The van der Waals surface area contributed by atoms with Gasteiger partial charge in [0.2, 0.25) is 0 Å². The molecule has 0 aliphatic heterocycles. The largest absolute Gasteiger partial charge is 0.376 e. The molecule has 0 heterocycles. The van der Waals surface area contributed by atoms with Gasteiger partial charge in [0.25, 0.3) is 0 Å². The second-order valence-corrected chi connectivity index (χ2v) is 6.61. The topological polar surface area (TPSA) is 33.6 Å². The number of anilines is 1. The predicted molar refractivity (Wildman–Crippen MR) is 100 cm³/mol. The van der Waals surface area contributed by atoms with E-state index in [0.29, 0.717) is 18.1 Å². The summed E-state index contributed by atoms with van der Waals surface area (Å²) in [4.78, 5) is 0. The lowest BCUT2D eigenvalue weighted by atomic mass is 9.90. The van der Waals surface area contributed by atoms with Crippen LogP contribution >= 0.6 is 0 Å². The molecule has 0 amide bonds. The van der Waals surface area contributed by atoms with Crippen molar-refractivity contribution < 1.29 is 9.13 Å². The molecule has 1 saturated carbocycles. The Bertz CT molecular complexity index is 682. The number of hydrogen-bond donors (Lipinski definition) is 1. The van der Waals surface area contributed by atoms with E-state index >= 15 is 0 Å². The highest BCUT2D eigenvalue weighted by Crippen LogP contribution is 2.24. The van der Waals surface area contributed by atoms with Crippen molar-refractivity contribution in [3.8, 4) is 0 Å². The SMILES string of the molecule is Fc1cc(C=NNc2ccccc2)ccc1COCC1CCCCC1. The number of benzene rings is 2. The molecule has 2 aromatic carbocycles. The summed E-state index contributed by atoms with van der Waals surface area (Å²) in [6.07, 6.45) is 8.04. The lowest BCUT2D eigenvalue weighted by molar-refractivity contribution is 0.0723. The normalized spacial score (nSPS) is 15.6.